The summed E-state index contributed by atoms with van der Waals surface area (Å²) in [6.07, 6.45) is 0.910. The van der Waals surface area contributed by atoms with E-state index in [2.05, 4.69) is 39.1 Å². The lowest BCUT2D eigenvalue weighted by atomic mass is 10.0. The van der Waals surface area contributed by atoms with Gasteiger partial charge in [-0.1, -0.05) is 12.1 Å². The number of hydrogen-bond acceptors (Lipinski definition) is 2. The largest absolute Gasteiger partial charge is 0.307 e. The predicted octanol–water partition coefficient (Wildman–Crippen LogP) is 4.79. The zero-order valence-corrected chi connectivity index (χ0v) is 13.4. The van der Waals surface area contributed by atoms with Gasteiger partial charge in [0, 0.05) is 21.8 Å². The molecule has 0 fully saturated rings. The van der Waals surface area contributed by atoms with E-state index in [9.17, 15) is 4.39 Å². The lowest BCUT2D eigenvalue weighted by Crippen LogP contribution is -2.30. The van der Waals surface area contributed by atoms with Crippen LogP contribution in [-0.2, 0) is 6.42 Å². The quantitative estimate of drug-likeness (QED) is 0.835. The highest BCUT2D eigenvalue weighted by Crippen LogP contribution is 2.26. The van der Waals surface area contributed by atoms with Crippen molar-refractivity contribution in [2.75, 3.05) is 0 Å². The van der Waals surface area contributed by atoms with Crippen molar-refractivity contribution in [2.45, 2.75) is 46.2 Å². The van der Waals surface area contributed by atoms with Crippen molar-refractivity contribution < 1.29 is 4.39 Å². The average Bonchev–Trinajstić information content (AvgIpc) is 2.71. The standard InChI is InChI=1S/C17H22FNS/c1-11(9-15-5-7-16(18)8-6-15)19-13(3)17-10-12(2)20-14(17)4/h5-8,10-11,13,19H,9H2,1-4H3. The Morgan fingerprint density at radius 1 is 1.15 bits per heavy atom. The molecule has 1 heterocycles. The highest BCUT2D eigenvalue weighted by Gasteiger charge is 2.13. The first-order valence-electron chi connectivity index (χ1n) is 7.03. The summed E-state index contributed by atoms with van der Waals surface area (Å²) in [4.78, 5) is 2.74. The first-order chi connectivity index (χ1) is 9.45. The summed E-state index contributed by atoms with van der Waals surface area (Å²) < 4.78 is 12.9. The smallest absolute Gasteiger partial charge is 0.123 e. The number of halogens is 1. The summed E-state index contributed by atoms with van der Waals surface area (Å²) in [5, 5.41) is 3.63. The maximum atomic E-state index is 12.9. The fraction of sp³-hybridized carbons (Fsp3) is 0.412. The number of aryl methyl sites for hydroxylation is 2. The molecule has 1 aromatic heterocycles. The van der Waals surface area contributed by atoms with Gasteiger partial charge in [-0.2, -0.15) is 0 Å². The Morgan fingerprint density at radius 3 is 2.35 bits per heavy atom. The van der Waals surface area contributed by atoms with Crippen molar-refractivity contribution in [3.8, 4) is 0 Å². The van der Waals surface area contributed by atoms with Crippen molar-refractivity contribution in [1.29, 1.82) is 0 Å². The van der Waals surface area contributed by atoms with Crippen LogP contribution in [-0.4, -0.2) is 6.04 Å². The Hall–Kier alpha value is -1.19. The molecule has 2 unspecified atom stereocenters. The van der Waals surface area contributed by atoms with E-state index in [0.717, 1.165) is 12.0 Å². The van der Waals surface area contributed by atoms with Crippen LogP contribution in [0.25, 0.3) is 0 Å². The van der Waals surface area contributed by atoms with E-state index in [0.29, 0.717) is 12.1 Å². The van der Waals surface area contributed by atoms with Gasteiger partial charge in [0.15, 0.2) is 0 Å². The maximum absolute atomic E-state index is 12.9. The summed E-state index contributed by atoms with van der Waals surface area (Å²) in [6, 6.07) is 9.74. The molecule has 0 saturated heterocycles. The van der Waals surface area contributed by atoms with E-state index in [1.807, 2.05) is 23.5 Å². The lowest BCUT2D eigenvalue weighted by Gasteiger charge is -2.20. The first-order valence-corrected chi connectivity index (χ1v) is 7.84. The monoisotopic (exact) mass is 291 g/mol. The molecule has 0 spiro atoms. The molecule has 20 heavy (non-hydrogen) atoms. The lowest BCUT2D eigenvalue weighted by molar-refractivity contribution is 0.476. The van der Waals surface area contributed by atoms with E-state index >= 15 is 0 Å². The Balaban J connectivity index is 1.95. The highest BCUT2D eigenvalue weighted by atomic mass is 32.1. The van der Waals surface area contributed by atoms with E-state index in [1.165, 1.54) is 27.5 Å². The molecule has 0 radical (unpaired) electrons. The van der Waals surface area contributed by atoms with Gasteiger partial charge in [-0.25, -0.2) is 4.39 Å². The molecule has 0 aliphatic heterocycles. The molecule has 0 amide bonds. The second-order valence-corrected chi connectivity index (χ2v) is 6.95. The van der Waals surface area contributed by atoms with Crippen molar-refractivity contribution in [1.82, 2.24) is 5.32 Å². The van der Waals surface area contributed by atoms with Gasteiger partial charge >= 0.3 is 0 Å². The molecular weight excluding hydrogens is 269 g/mol. The molecule has 0 bridgehead atoms. The van der Waals surface area contributed by atoms with Crippen LogP contribution in [0.2, 0.25) is 0 Å². The van der Waals surface area contributed by atoms with E-state index < -0.39 is 0 Å². The molecule has 2 atom stereocenters. The van der Waals surface area contributed by atoms with Gasteiger partial charge in [-0.3, -0.25) is 0 Å². The fourth-order valence-corrected chi connectivity index (χ4v) is 3.65. The summed E-state index contributed by atoms with van der Waals surface area (Å²) in [7, 11) is 0. The van der Waals surface area contributed by atoms with E-state index in [4.69, 9.17) is 0 Å². The summed E-state index contributed by atoms with van der Waals surface area (Å²) >= 11 is 1.85. The van der Waals surface area contributed by atoms with Gasteiger partial charge in [0.2, 0.25) is 0 Å². The van der Waals surface area contributed by atoms with Crippen molar-refractivity contribution in [3.63, 3.8) is 0 Å². The molecule has 1 aromatic carbocycles. The topological polar surface area (TPSA) is 12.0 Å². The van der Waals surface area contributed by atoms with Crippen LogP contribution < -0.4 is 5.32 Å². The van der Waals surface area contributed by atoms with Crippen LogP contribution in [0.1, 0.15) is 40.8 Å². The second kappa shape index (κ2) is 6.51. The Kier molecular flexibility index (Phi) is 4.95. The zero-order valence-electron chi connectivity index (χ0n) is 12.5. The summed E-state index contributed by atoms with van der Waals surface area (Å²) in [6.45, 7) is 8.70. The number of benzene rings is 1. The fourth-order valence-electron chi connectivity index (χ4n) is 2.63. The van der Waals surface area contributed by atoms with Crippen LogP contribution in [0, 0.1) is 19.7 Å². The molecular formula is C17H22FNS. The van der Waals surface area contributed by atoms with E-state index in [-0.39, 0.29) is 5.82 Å². The van der Waals surface area contributed by atoms with Crippen LogP contribution in [0.3, 0.4) is 0 Å². The van der Waals surface area contributed by atoms with Gasteiger partial charge in [0.1, 0.15) is 5.82 Å². The van der Waals surface area contributed by atoms with Crippen LogP contribution >= 0.6 is 11.3 Å². The molecule has 1 nitrogen and oxygen atoms in total. The Bertz CT molecular complexity index is 559. The predicted molar refractivity (Wildman–Crippen MR) is 84.9 cm³/mol. The molecule has 0 saturated carbocycles. The number of rotatable bonds is 5. The molecule has 108 valence electrons. The first kappa shape index (κ1) is 15.2. The summed E-state index contributed by atoms with van der Waals surface area (Å²) in [5.41, 5.74) is 2.55. The van der Waals surface area contributed by atoms with Gasteiger partial charge < -0.3 is 5.32 Å². The maximum Gasteiger partial charge on any atom is 0.123 e. The van der Waals surface area contributed by atoms with Crippen molar-refractivity contribution >= 4 is 11.3 Å². The normalized spacial score (nSPS) is 14.2. The van der Waals surface area contributed by atoms with E-state index in [1.54, 1.807) is 0 Å². The van der Waals surface area contributed by atoms with Crippen molar-refractivity contribution in [3.05, 3.63) is 57.0 Å². The van der Waals surface area contributed by atoms with Gasteiger partial charge in [0.25, 0.3) is 0 Å². The minimum Gasteiger partial charge on any atom is -0.307 e. The number of hydrogen-bond donors (Lipinski definition) is 1. The van der Waals surface area contributed by atoms with Crippen LogP contribution in [0.15, 0.2) is 30.3 Å². The second-order valence-electron chi connectivity index (χ2n) is 5.49. The third-order valence-corrected chi connectivity index (χ3v) is 4.52. The van der Waals surface area contributed by atoms with Crippen LogP contribution in [0.4, 0.5) is 4.39 Å². The molecule has 2 aromatic rings. The third kappa shape index (κ3) is 3.90. The molecule has 2 rings (SSSR count). The highest BCUT2D eigenvalue weighted by molar-refractivity contribution is 7.12. The molecule has 1 N–H and O–H groups in total. The third-order valence-electron chi connectivity index (χ3n) is 3.54. The molecule has 3 heteroatoms. The van der Waals surface area contributed by atoms with Gasteiger partial charge in [-0.05, 0) is 63.4 Å². The minimum atomic E-state index is -0.174. The number of nitrogens with one attached hydrogen (secondary N) is 1. The van der Waals surface area contributed by atoms with Gasteiger partial charge in [-0.15, -0.1) is 11.3 Å². The van der Waals surface area contributed by atoms with Crippen molar-refractivity contribution in [2.24, 2.45) is 0 Å². The van der Waals surface area contributed by atoms with Crippen LogP contribution in [0.5, 0.6) is 0 Å². The zero-order chi connectivity index (χ0) is 14.7. The Labute approximate surface area is 124 Å². The SMILES string of the molecule is Cc1cc(C(C)NC(C)Cc2ccc(F)cc2)c(C)s1. The molecule has 0 aliphatic rings. The minimum absolute atomic E-state index is 0.174. The summed E-state index contributed by atoms with van der Waals surface area (Å²) in [5.74, 6) is -0.174. The average molecular weight is 291 g/mol. The Morgan fingerprint density at radius 2 is 1.80 bits per heavy atom. The van der Waals surface area contributed by atoms with Gasteiger partial charge in [0.05, 0.1) is 0 Å². The number of thiophene rings is 1. The molecule has 0 aliphatic carbocycles.